The van der Waals surface area contributed by atoms with Crippen molar-refractivity contribution in [2.24, 2.45) is 0 Å². The Kier molecular flexibility index (Phi) is 8.20. The Bertz CT molecular complexity index is 1460. The van der Waals surface area contributed by atoms with Crippen LogP contribution in [0.2, 0.25) is 0 Å². The summed E-state index contributed by atoms with van der Waals surface area (Å²) in [6.07, 6.45) is -0.444. The number of amides is 5. The average Bonchev–Trinajstić information content (AvgIpc) is 3.32. The lowest BCUT2D eigenvalue weighted by molar-refractivity contribution is -0.158. The van der Waals surface area contributed by atoms with E-state index in [9.17, 15) is 24.0 Å². The van der Waals surface area contributed by atoms with E-state index < -0.39 is 36.1 Å². The number of benzene rings is 2. The Hall–Kier alpha value is -4.45. The molecule has 3 aromatic rings. The van der Waals surface area contributed by atoms with Gasteiger partial charge in [-0.3, -0.25) is 19.7 Å². The van der Waals surface area contributed by atoms with E-state index in [-0.39, 0.29) is 44.9 Å². The predicted molar refractivity (Wildman–Crippen MR) is 151 cm³/mol. The number of hydrogen-bond donors (Lipinski definition) is 2. The number of nitrogens with zero attached hydrogens (tertiary/aromatic N) is 2. The molecule has 5 amide bonds. The van der Waals surface area contributed by atoms with Gasteiger partial charge in [-0.25, -0.2) is 14.5 Å². The van der Waals surface area contributed by atoms with Gasteiger partial charge in [0.15, 0.2) is 0 Å². The minimum Gasteiger partial charge on any atom is -0.459 e. The lowest BCUT2D eigenvalue weighted by atomic mass is 9.86. The molecule has 2 aromatic carbocycles. The zero-order valence-electron chi connectivity index (χ0n) is 22.5. The molecule has 5 rings (SSSR count). The Morgan fingerprint density at radius 1 is 1.02 bits per heavy atom. The summed E-state index contributed by atoms with van der Waals surface area (Å²) < 4.78 is 11.8. The number of piperidine rings is 1. The van der Waals surface area contributed by atoms with Crippen LogP contribution in [0.1, 0.15) is 42.1 Å². The van der Waals surface area contributed by atoms with Crippen molar-refractivity contribution >= 4 is 56.3 Å². The first-order valence-electron chi connectivity index (χ1n) is 13.4. The van der Waals surface area contributed by atoms with Crippen molar-refractivity contribution in [1.82, 2.24) is 15.1 Å². The zero-order valence-corrected chi connectivity index (χ0v) is 23.3. The third kappa shape index (κ3) is 6.17. The molecule has 2 aliphatic heterocycles. The molecule has 214 valence electrons. The van der Waals surface area contributed by atoms with Crippen LogP contribution in [0.3, 0.4) is 0 Å². The van der Waals surface area contributed by atoms with Gasteiger partial charge in [-0.1, -0.05) is 48.5 Å². The molecule has 0 aliphatic carbocycles. The van der Waals surface area contributed by atoms with Gasteiger partial charge in [0.25, 0.3) is 5.91 Å². The number of fused-ring (bicyclic) bond motifs is 1. The summed E-state index contributed by atoms with van der Waals surface area (Å²) in [5.74, 6) is -1.48. The number of carbonyl (C=O) groups excluding carboxylic acids is 5. The molecule has 0 radical (unpaired) electrons. The quantitative estimate of drug-likeness (QED) is 0.403. The Morgan fingerprint density at radius 2 is 1.73 bits per heavy atom. The molecule has 0 atom stereocenters. The summed E-state index contributed by atoms with van der Waals surface area (Å²) in [7, 11) is 0. The van der Waals surface area contributed by atoms with Crippen LogP contribution in [0.4, 0.5) is 14.6 Å². The Morgan fingerprint density at radius 3 is 2.44 bits per heavy atom. The molecule has 0 unspecified atom stereocenters. The van der Waals surface area contributed by atoms with Crippen molar-refractivity contribution in [1.29, 1.82) is 0 Å². The average molecular weight is 579 g/mol. The topological polar surface area (TPSA) is 134 Å². The molecule has 2 aliphatic rings. The van der Waals surface area contributed by atoms with Crippen molar-refractivity contribution in [2.75, 3.05) is 31.5 Å². The van der Waals surface area contributed by atoms with Gasteiger partial charge in [0.05, 0.1) is 12.0 Å². The second-order valence-electron chi connectivity index (χ2n) is 9.93. The van der Waals surface area contributed by atoms with Gasteiger partial charge in [-0.15, -0.1) is 11.3 Å². The van der Waals surface area contributed by atoms with Gasteiger partial charge in [-0.05, 0) is 18.6 Å². The summed E-state index contributed by atoms with van der Waals surface area (Å²) in [6, 6.07) is 16.1. The molecule has 2 N–H and O–H groups in total. The molecule has 0 bridgehead atoms. The monoisotopic (exact) mass is 578 g/mol. The molecule has 1 aromatic heterocycles. The van der Waals surface area contributed by atoms with E-state index >= 15 is 0 Å². The van der Waals surface area contributed by atoms with Gasteiger partial charge in [0.1, 0.15) is 23.8 Å². The molecule has 11 nitrogen and oxygen atoms in total. The third-order valence-corrected chi connectivity index (χ3v) is 8.25. The lowest BCUT2D eigenvalue weighted by Gasteiger charge is -2.44. The standard InChI is InChI=1S/C29H30N4O7S/c1-2-30-27(37)31-25-24(20-10-6-7-11-21(20)41-25)26(36)32-14-12-29(13-15-32)16-22(34)33(28(38)40-29)17-23(35)39-18-19-8-4-3-5-9-19/h3-11H,2,12-18H2,1H3,(H2,30,31,37). The fourth-order valence-corrected chi connectivity index (χ4v) is 6.11. The SMILES string of the molecule is CCNC(=O)Nc1sc2ccccc2c1C(=O)N1CCC2(CC1)CC(=O)N(CC(=O)OCc1ccccc1)C(=O)O2. The van der Waals surface area contributed by atoms with Crippen molar-refractivity contribution in [3.05, 3.63) is 65.7 Å². The van der Waals surface area contributed by atoms with Crippen molar-refractivity contribution in [3.63, 3.8) is 0 Å². The summed E-state index contributed by atoms with van der Waals surface area (Å²) >= 11 is 1.32. The van der Waals surface area contributed by atoms with Gasteiger partial charge < -0.3 is 19.7 Å². The Balaban J connectivity index is 1.21. The minimum absolute atomic E-state index is 0.0322. The number of likely N-dealkylation sites (tertiary alicyclic amines) is 1. The van der Waals surface area contributed by atoms with E-state index in [0.29, 0.717) is 17.1 Å². The molecular weight excluding hydrogens is 548 g/mol. The first-order chi connectivity index (χ1) is 19.8. The fraction of sp³-hybridized carbons (Fsp3) is 0.345. The molecule has 1 spiro atoms. The van der Waals surface area contributed by atoms with Gasteiger partial charge in [0.2, 0.25) is 5.91 Å². The molecule has 0 saturated carbocycles. The number of ether oxygens (including phenoxy) is 2. The predicted octanol–water partition coefficient (Wildman–Crippen LogP) is 4.13. The highest BCUT2D eigenvalue weighted by Gasteiger charge is 2.48. The normalized spacial score (nSPS) is 16.4. The maximum Gasteiger partial charge on any atom is 0.417 e. The highest BCUT2D eigenvalue weighted by molar-refractivity contribution is 7.23. The maximum absolute atomic E-state index is 13.7. The highest BCUT2D eigenvalue weighted by atomic mass is 32.1. The van der Waals surface area contributed by atoms with E-state index in [1.54, 1.807) is 24.0 Å². The van der Waals surface area contributed by atoms with E-state index in [2.05, 4.69) is 10.6 Å². The number of nitrogens with one attached hydrogen (secondary N) is 2. The van der Waals surface area contributed by atoms with Crippen LogP contribution in [0.5, 0.6) is 0 Å². The number of urea groups is 1. The number of imide groups is 1. The second kappa shape index (κ2) is 12.0. The lowest BCUT2D eigenvalue weighted by Crippen LogP contribution is -2.58. The molecule has 41 heavy (non-hydrogen) atoms. The van der Waals surface area contributed by atoms with E-state index in [1.165, 1.54) is 11.3 Å². The minimum atomic E-state index is -1.05. The van der Waals surface area contributed by atoms with Crippen LogP contribution in [-0.4, -0.2) is 71.5 Å². The summed E-state index contributed by atoms with van der Waals surface area (Å²) in [5.41, 5.74) is 0.148. The van der Waals surface area contributed by atoms with Crippen molar-refractivity contribution in [3.8, 4) is 0 Å². The van der Waals surface area contributed by atoms with E-state index in [0.717, 1.165) is 20.5 Å². The smallest absolute Gasteiger partial charge is 0.417 e. The molecule has 2 saturated heterocycles. The van der Waals surface area contributed by atoms with E-state index in [4.69, 9.17) is 9.47 Å². The fourth-order valence-electron chi connectivity index (χ4n) is 5.02. The van der Waals surface area contributed by atoms with Crippen LogP contribution in [0, 0.1) is 0 Å². The van der Waals surface area contributed by atoms with Crippen LogP contribution in [0.15, 0.2) is 54.6 Å². The van der Waals surface area contributed by atoms with Crippen LogP contribution < -0.4 is 10.6 Å². The number of hydrogen-bond acceptors (Lipinski definition) is 8. The molecule has 3 heterocycles. The molecule has 12 heteroatoms. The number of anilines is 1. The number of rotatable bonds is 7. The summed E-state index contributed by atoms with van der Waals surface area (Å²) in [6.45, 7) is 2.26. The highest BCUT2D eigenvalue weighted by Crippen LogP contribution is 2.39. The molecule has 2 fully saturated rings. The maximum atomic E-state index is 13.7. The number of thiophene rings is 1. The zero-order chi connectivity index (χ0) is 29.0. The van der Waals surface area contributed by atoms with Gasteiger partial charge >= 0.3 is 18.1 Å². The first-order valence-corrected chi connectivity index (χ1v) is 14.2. The number of esters is 1. The van der Waals surface area contributed by atoms with Crippen molar-refractivity contribution in [2.45, 2.75) is 38.4 Å². The summed E-state index contributed by atoms with van der Waals surface area (Å²) in [5, 5.41) is 6.67. The van der Waals surface area contributed by atoms with Crippen LogP contribution in [0.25, 0.3) is 10.1 Å². The second-order valence-corrected chi connectivity index (χ2v) is 11.0. The van der Waals surface area contributed by atoms with Crippen LogP contribution in [-0.2, 0) is 25.7 Å². The van der Waals surface area contributed by atoms with Gasteiger partial charge in [-0.2, -0.15) is 0 Å². The van der Waals surface area contributed by atoms with Crippen LogP contribution >= 0.6 is 11.3 Å². The largest absolute Gasteiger partial charge is 0.459 e. The first kappa shape index (κ1) is 28.1. The Labute approximate surface area is 240 Å². The number of carbonyl (C=O) groups is 5. The third-order valence-electron chi connectivity index (χ3n) is 7.16. The van der Waals surface area contributed by atoms with Gasteiger partial charge in [0, 0.05) is 42.6 Å². The molecular formula is C29H30N4O7S. The van der Waals surface area contributed by atoms with E-state index in [1.807, 2.05) is 42.5 Å². The van der Waals surface area contributed by atoms with Crippen molar-refractivity contribution < 1.29 is 33.4 Å². The summed E-state index contributed by atoms with van der Waals surface area (Å²) in [4.78, 5) is 66.4.